The number of carbonyl (C=O) groups excluding carboxylic acids is 1. The molecule has 5 atom stereocenters. The van der Waals surface area contributed by atoms with Gasteiger partial charge in [-0.2, -0.15) is 0 Å². The second-order valence-corrected chi connectivity index (χ2v) is 5.31. The minimum Gasteiger partial charge on any atom is -0.462 e. The molecule has 0 unspecified atom stereocenters. The van der Waals surface area contributed by atoms with E-state index < -0.39 is 48.1 Å². The smallest absolute Gasteiger partial charge is 0.273 e. The van der Waals surface area contributed by atoms with Gasteiger partial charge in [-0.25, -0.2) is 0 Å². The van der Waals surface area contributed by atoms with Crippen LogP contribution in [0.4, 0.5) is 5.69 Å². The number of rotatable bonds is 5. The summed E-state index contributed by atoms with van der Waals surface area (Å²) in [5.74, 6) is -0.422. The van der Waals surface area contributed by atoms with Crippen LogP contribution in [-0.2, 0) is 9.53 Å². The topological polar surface area (TPSA) is 151 Å². The summed E-state index contributed by atoms with van der Waals surface area (Å²) >= 11 is 0. The van der Waals surface area contributed by atoms with Gasteiger partial charge < -0.3 is 30.1 Å². The molecule has 0 saturated carbocycles. The molecular weight excluding hydrogens is 324 g/mol. The number of hydrogen-bond acceptors (Lipinski definition) is 8. The van der Waals surface area contributed by atoms with Crippen LogP contribution in [0.2, 0.25) is 0 Å². The van der Waals surface area contributed by atoms with E-state index in [9.17, 15) is 30.2 Å². The van der Waals surface area contributed by atoms with E-state index in [1.54, 1.807) is 0 Å². The molecule has 24 heavy (non-hydrogen) atoms. The fourth-order valence-corrected chi connectivity index (χ4v) is 2.38. The molecule has 0 radical (unpaired) electrons. The lowest BCUT2D eigenvalue weighted by Crippen LogP contribution is -2.65. The Labute approximate surface area is 136 Å². The average molecular weight is 342 g/mol. The molecule has 1 aliphatic rings. The van der Waals surface area contributed by atoms with Crippen molar-refractivity contribution in [2.75, 3.05) is 6.61 Å². The predicted octanol–water partition coefficient (Wildman–Crippen LogP) is -1.08. The molecule has 132 valence electrons. The Hall–Kier alpha value is -2.27. The van der Waals surface area contributed by atoms with E-state index in [1.807, 2.05) is 0 Å². The molecule has 1 aromatic rings. The molecule has 1 fully saturated rings. The van der Waals surface area contributed by atoms with E-state index in [-0.39, 0.29) is 11.4 Å². The molecule has 1 heterocycles. The van der Waals surface area contributed by atoms with Gasteiger partial charge in [0.15, 0.2) is 0 Å². The molecule has 1 amide bonds. The second-order valence-electron chi connectivity index (χ2n) is 5.31. The van der Waals surface area contributed by atoms with Gasteiger partial charge in [0.25, 0.3) is 5.69 Å². The minimum atomic E-state index is -1.46. The Morgan fingerprint density at radius 2 is 2.12 bits per heavy atom. The average Bonchev–Trinajstić information content (AvgIpc) is 2.54. The summed E-state index contributed by atoms with van der Waals surface area (Å²) in [7, 11) is 0. The SMILES string of the molecule is CC(=O)N[C@@H]1[C@H](Oc2cccc([N+](=O)[O-])c2)O[C@H](CO)[C@@H](O)[C@H]1O. The van der Waals surface area contributed by atoms with Gasteiger partial charge >= 0.3 is 0 Å². The van der Waals surface area contributed by atoms with Crippen LogP contribution in [-0.4, -0.2) is 63.4 Å². The number of carbonyl (C=O) groups is 1. The maximum atomic E-state index is 11.3. The molecule has 1 saturated heterocycles. The van der Waals surface area contributed by atoms with Gasteiger partial charge in [0.05, 0.1) is 17.6 Å². The Bertz CT molecular complexity index is 610. The van der Waals surface area contributed by atoms with Crippen molar-refractivity contribution in [2.24, 2.45) is 0 Å². The Morgan fingerprint density at radius 3 is 2.71 bits per heavy atom. The number of nitro groups is 1. The first-order valence-electron chi connectivity index (χ1n) is 7.14. The Kier molecular flexibility index (Phi) is 5.67. The Balaban J connectivity index is 2.24. The third-order valence-corrected chi connectivity index (χ3v) is 3.53. The zero-order chi connectivity index (χ0) is 17.9. The van der Waals surface area contributed by atoms with Crippen molar-refractivity contribution in [3.05, 3.63) is 34.4 Å². The predicted molar refractivity (Wildman–Crippen MR) is 79.1 cm³/mol. The van der Waals surface area contributed by atoms with Crippen molar-refractivity contribution < 1.29 is 34.5 Å². The van der Waals surface area contributed by atoms with Crippen LogP contribution in [0.25, 0.3) is 0 Å². The molecule has 10 nitrogen and oxygen atoms in total. The fourth-order valence-electron chi connectivity index (χ4n) is 2.38. The van der Waals surface area contributed by atoms with E-state index in [0.717, 1.165) is 6.07 Å². The van der Waals surface area contributed by atoms with Crippen LogP contribution in [0.15, 0.2) is 24.3 Å². The molecule has 1 aromatic carbocycles. The standard InChI is InChI=1S/C14H18N2O8/c1-7(18)15-11-13(20)12(19)10(6-17)24-14(11)23-9-4-2-3-8(5-9)16(21)22/h2-5,10-14,17,19-20H,6H2,1H3,(H,15,18)/t10-,11+,12-,13+,14-/m1/s1. The van der Waals surface area contributed by atoms with Crippen molar-refractivity contribution in [1.82, 2.24) is 5.32 Å². The van der Waals surface area contributed by atoms with Gasteiger partial charge in [-0.3, -0.25) is 14.9 Å². The highest BCUT2D eigenvalue weighted by atomic mass is 16.7. The van der Waals surface area contributed by atoms with Gasteiger partial charge in [0.1, 0.15) is 30.1 Å². The van der Waals surface area contributed by atoms with Crippen molar-refractivity contribution >= 4 is 11.6 Å². The first-order chi connectivity index (χ1) is 11.3. The van der Waals surface area contributed by atoms with E-state index in [1.165, 1.54) is 25.1 Å². The normalized spacial score (nSPS) is 29.8. The summed E-state index contributed by atoms with van der Waals surface area (Å²) in [6, 6.07) is 4.14. The lowest BCUT2D eigenvalue weighted by molar-refractivity contribution is -0.385. The van der Waals surface area contributed by atoms with Crippen molar-refractivity contribution in [3.8, 4) is 5.75 Å². The molecule has 0 bridgehead atoms. The van der Waals surface area contributed by atoms with Crippen LogP contribution >= 0.6 is 0 Å². The summed E-state index contributed by atoms with van der Waals surface area (Å²) in [4.78, 5) is 21.5. The van der Waals surface area contributed by atoms with Crippen LogP contribution in [0.1, 0.15) is 6.92 Å². The monoisotopic (exact) mass is 342 g/mol. The van der Waals surface area contributed by atoms with E-state index >= 15 is 0 Å². The van der Waals surface area contributed by atoms with Gasteiger partial charge in [-0.1, -0.05) is 6.07 Å². The number of benzene rings is 1. The van der Waals surface area contributed by atoms with Crippen LogP contribution < -0.4 is 10.1 Å². The second kappa shape index (κ2) is 7.53. The summed E-state index contributed by atoms with van der Waals surface area (Å²) in [5.41, 5.74) is -0.210. The van der Waals surface area contributed by atoms with E-state index in [0.29, 0.717) is 0 Å². The zero-order valence-electron chi connectivity index (χ0n) is 12.7. The lowest BCUT2D eigenvalue weighted by Gasteiger charge is -2.42. The van der Waals surface area contributed by atoms with E-state index in [4.69, 9.17) is 9.47 Å². The highest BCUT2D eigenvalue weighted by Crippen LogP contribution is 2.26. The first kappa shape index (κ1) is 18.1. The van der Waals surface area contributed by atoms with Gasteiger partial charge in [0.2, 0.25) is 12.2 Å². The number of aliphatic hydroxyl groups is 3. The van der Waals surface area contributed by atoms with Gasteiger partial charge in [-0.05, 0) is 6.07 Å². The molecule has 0 spiro atoms. The lowest BCUT2D eigenvalue weighted by atomic mass is 9.97. The number of nitro benzene ring substituents is 1. The number of ether oxygens (including phenoxy) is 2. The molecule has 10 heteroatoms. The van der Waals surface area contributed by atoms with Gasteiger partial charge in [-0.15, -0.1) is 0 Å². The molecule has 2 rings (SSSR count). The van der Waals surface area contributed by atoms with Crippen LogP contribution in [0, 0.1) is 10.1 Å². The summed E-state index contributed by atoms with van der Waals surface area (Å²) in [6.45, 7) is 0.626. The zero-order valence-corrected chi connectivity index (χ0v) is 12.7. The highest BCUT2D eigenvalue weighted by molar-refractivity contribution is 5.73. The fraction of sp³-hybridized carbons (Fsp3) is 0.500. The van der Waals surface area contributed by atoms with Gasteiger partial charge in [0, 0.05) is 13.0 Å². The molecular formula is C14H18N2O8. The Morgan fingerprint density at radius 1 is 1.42 bits per heavy atom. The number of amides is 1. The van der Waals surface area contributed by atoms with Crippen LogP contribution in [0.5, 0.6) is 5.75 Å². The number of hydrogen-bond donors (Lipinski definition) is 4. The maximum absolute atomic E-state index is 11.3. The third-order valence-electron chi connectivity index (χ3n) is 3.53. The van der Waals surface area contributed by atoms with Crippen molar-refractivity contribution in [1.29, 1.82) is 0 Å². The summed E-state index contributed by atoms with van der Waals surface area (Å²) in [5, 5.41) is 42.4. The van der Waals surface area contributed by atoms with Crippen LogP contribution in [0.3, 0.4) is 0 Å². The quantitative estimate of drug-likeness (QED) is 0.389. The van der Waals surface area contributed by atoms with Crippen molar-refractivity contribution in [3.63, 3.8) is 0 Å². The summed E-state index contributed by atoms with van der Waals surface area (Å²) in [6.07, 6.45) is -5.28. The number of nitrogens with zero attached hydrogens (tertiary/aromatic N) is 1. The molecule has 1 aliphatic heterocycles. The highest BCUT2D eigenvalue weighted by Gasteiger charge is 2.46. The third kappa shape index (κ3) is 3.97. The first-order valence-corrected chi connectivity index (χ1v) is 7.14. The van der Waals surface area contributed by atoms with Crippen molar-refractivity contribution in [2.45, 2.75) is 37.6 Å². The number of non-ortho nitro benzene ring substituents is 1. The molecule has 0 aliphatic carbocycles. The molecule has 4 N–H and O–H groups in total. The minimum absolute atomic E-state index is 0.0739. The molecule has 0 aromatic heterocycles. The number of nitrogens with one attached hydrogen (secondary N) is 1. The van der Waals surface area contributed by atoms with E-state index in [2.05, 4.69) is 5.32 Å². The summed E-state index contributed by atoms with van der Waals surface area (Å²) < 4.78 is 10.9. The number of aliphatic hydroxyl groups excluding tert-OH is 3. The maximum Gasteiger partial charge on any atom is 0.273 e. The largest absolute Gasteiger partial charge is 0.462 e.